The lowest BCUT2D eigenvalue weighted by Gasteiger charge is -2.33. The number of nitrogens with one attached hydrogen (secondary N) is 2. The van der Waals surface area contributed by atoms with Gasteiger partial charge in [-0.25, -0.2) is 0 Å². The largest absolute Gasteiger partial charge is 0.405 e. The number of nitriles is 1. The molecule has 24 heavy (non-hydrogen) atoms. The Morgan fingerprint density at radius 1 is 1.38 bits per heavy atom. The molecule has 0 saturated carbocycles. The predicted molar refractivity (Wildman–Crippen MR) is 86.9 cm³/mol. The van der Waals surface area contributed by atoms with Gasteiger partial charge in [0.25, 0.3) is 0 Å². The quantitative estimate of drug-likeness (QED) is 0.799. The zero-order valence-corrected chi connectivity index (χ0v) is 13.9. The molecule has 0 heterocycles. The summed E-state index contributed by atoms with van der Waals surface area (Å²) in [6.07, 6.45) is -4.27. The smallest absolute Gasteiger partial charge is 0.387 e. The van der Waals surface area contributed by atoms with Crippen LogP contribution in [0, 0.1) is 11.3 Å². The molecule has 0 aliphatic rings. The number of carbonyl (C=O) groups is 1. The number of rotatable bonds is 7. The van der Waals surface area contributed by atoms with Crippen LogP contribution >= 0.6 is 0 Å². The Balaban J connectivity index is 3.32. The molecule has 0 fully saturated rings. The van der Waals surface area contributed by atoms with Gasteiger partial charge in [0, 0.05) is 19.3 Å². The van der Waals surface area contributed by atoms with E-state index in [2.05, 4.69) is 10.6 Å². The van der Waals surface area contributed by atoms with Gasteiger partial charge < -0.3 is 15.5 Å². The zero-order valence-electron chi connectivity index (χ0n) is 13.9. The number of hydrogen-bond acceptors (Lipinski definition) is 4. The van der Waals surface area contributed by atoms with Gasteiger partial charge in [0.15, 0.2) is 0 Å². The first-order valence-electron chi connectivity index (χ1n) is 7.60. The van der Waals surface area contributed by atoms with Crippen LogP contribution in [0.4, 0.5) is 24.5 Å². The van der Waals surface area contributed by atoms with E-state index in [0.717, 1.165) is 4.90 Å². The van der Waals surface area contributed by atoms with Crippen molar-refractivity contribution in [3.63, 3.8) is 0 Å². The second-order valence-electron chi connectivity index (χ2n) is 5.15. The van der Waals surface area contributed by atoms with Gasteiger partial charge in [-0.15, -0.1) is 0 Å². The van der Waals surface area contributed by atoms with Crippen molar-refractivity contribution in [2.75, 3.05) is 30.4 Å². The minimum absolute atomic E-state index is 0.181. The third-order valence-corrected chi connectivity index (χ3v) is 3.49. The van der Waals surface area contributed by atoms with Crippen molar-refractivity contribution in [2.24, 2.45) is 0 Å². The molecular weight excluding hydrogens is 321 g/mol. The van der Waals surface area contributed by atoms with Gasteiger partial charge in [-0.05, 0) is 31.5 Å². The van der Waals surface area contributed by atoms with E-state index in [1.54, 1.807) is 20.9 Å². The molecule has 0 aliphatic carbocycles. The Bertz CT molecular complexity index is 610. The van der Waals surface area contributed by atoms with Crippen molar-refractivity contribution in [1.29, 1.82) is 5.26 Å². The van der Waals surface area contributed by atoms with Gasteiger partial charge >= 0.3 is 6.18 Å². The molecule has 5 nitrogen and oxygen atoms in total. The molecule has 1 aromatic carbocycles. The molecule has 0 saturated heterocycles. The van der Waals surface area contributed by atoms with Gasteiger partial charge in [0.05, 0.1) is 11.3 Å². The fourth-order valence-corrected chi connectivity index (χ4v) is 2.44. The molecule has 1 unspecified atom stereocenters. The molecule has 0 radical (unpaired) electrons. The molecule has 8 heteroatoms. The lowest BCUT2D eigenvalue weighted by molar-refractivity contribution is -0.127. The molecular formula is C16H21F3N4O. The van der Waals surface area contributed by atoms with Crippen LogP contribution in [0.25, 0.3) is 0 Å². The Kier molecular flexibility index (Phi) is 6.89. The first-order chi connectivity index (χ1) is 11.3. The number of benzene rings is 1. The molecule has 0 aromatic heterocycles. The lowest BCUT2D eigenvalue weighted by atomic mass is 10.1. The average Bonchev–Trinajstić information content (AvgIpc) is 2.53. The maximum atomic E-state index is 13.0. The predicted octanol–water partition coefficient (Wildman–Crippen LogP) is 2.88. The normalized spacial score (nSPS) is 12.2. The highest BCUT2D eigenvalue weighted by Gasteiger charge is 2.36. The maximum absolute atomic E-state index is 13.0. The van der Waals surface area contributed by atoms with E-state index in [0.29, 0.717) is 12.2 Å². The van der Waals surface area contributed by atoms with Gasteiger partial charge in [0.1, 0.15) is 18.7 Å². The zero-order chi connectivity index (χ0) is 18.3. The number of likely N-dealkylation sites (N-methyl/N-ethyl adjacent to an activating group) is 1. The first kappa shape index (κ1) is 19.6. The third kappa shape index (κ3) is 5.05. The highest BCUT2D eigenvalue weighted by molar-refractivity contribution is 5.85. The summed E-state index contributed by atoms with van der Waals surface area (Å²) in [5, 5.41) is 14.5. The van der Waals surface area contributed by atoms with Crippen molar-refractivity contribution >= 4 is 17.3 Å². The van der Waals surface area contributed by atoms with Crippen molar-refractivity contribution in [3.05, 3.63) is 23.8 Å². The SMILES string of the molecule is CCNC(=O)C(CC)N(CC(F)(F)F)c1ccc(NC)c(C#N)c1. The van der Waals surface area contributed by atoms with Crippen LogP contribution in [-0.2, 0) is 4.79 Å². The number of amides is 1. The molecule has 1 aromatic rings. The second kappa shape index (κ2) is 8.43. The van der Waals surface area contributed by atoms with Crippen molar-refractivity contribution in [3.8, 4) is 6.07 Å². The highest BCUT2D eigenvalue weighted by Crippen LogP contribution is 2.28. The topological polar surface area (TPSA) is 68.2 Å². The number of alkyl halides is 3. The number of halogens is 3. The lowest BCUT2D eigenvalue weighted by Crippen LogP contribution is -2.50. The van der Waals surface area contributed by atoms with Crippen LogP contribution in [0.15, 0.2) is 18.2 Å². The summed E-state index contributed by atoms with van der Waals surface area (Å²) in [4.78, 5) is 13.1. The average molecular weight is 342 g/mol. The van der Waals surface area contributed by atoms with Gasteiger partial charge in [-0.2, -0.15) is 18.4 Å². The number of nitrogens with zero attached hydrogens (tertiary/aromatic N) is 2. The molecule has 0 spiro atoms. The van der Waals surface area contributed by atoms with E-state index in [9.17, 15) is 18.0 Å². The van der Waals surface area contributed by atoms with Crippen LogP contribution in [-0.4, -0.2) is 38.3 Å². The standard InChI is InChI=1S/C16H21F3N4O/c1-4-14(15(24)22-5-2)23(10-16(17,18)19)12-6-7-13(21-3)11(8-12)9-20/h6-8,14,21H,4-5,10H2,1-3H3,(H,22,24). The summed E-state index contributed by atoms with van der Waals surface area (Å²) >= 11 is 0. The molecule has 1 rings (SSSR count). The van der Waals surface area contributed by atoms with Crippen LogP contribution < -0.4 is 15.5 Å². The van der Waals surface area contributed by atoms with Crippen LogP contribution in [0.1, 0.15) is 25.8 Å². The van der Waals surface area contributed by atoms with Crippen LogP contribution in [0.5, 0.6) is 0 Å². The highest BCUT2D eigenvalue weighted by atomic mass is 19.4. The minimum Gasteiger partial charge on any atom is -0.387 e. The summed E-state index contributed by atoms with van der Waals surface area (Å²) in [6.45, 7) is 2.41. The Hall–Kier alpha value is -2.43. The summed E-state index contributed by atoms with van der Waals surface area (Å²) < 4.78 is 39.0. The summed E-state index contributed by atoms with van der Waals surface area (Å²) in [6, 6.07) is 5.33. The third-order valence-electron chi connectivity index (χ3n) is 3.49. The molecule has 0 bridgehead atoms. The van der Waals surface area contributed by atoms with E-state index >= 15 is 0 Å². The Morgan fingerprint density at radius 3 is 2.50 bits per heavy atom. The fraction of sp³-hybridized carbons (Fsp3) is 0.500. The molecule has 1 amide bonds. The monoisotopic (exact) mass is 342 g/mol. The number of carbonyl (C=O) groups excluding carboxylic acids is 1. The van der Waals surface area contributed by atoms with Crippen molar-refractivity contribution in [1.82, 2.24) is 5.32 Å². The first-order valence-corrected chi connectivity index (χ1v) is 7.60. The number of hydrogen-bond donors (Lipinski definition) is 2. The van der Waals surface area contributed by atoms with Gasteiger partial charge in [-0.3, -0.25) is 4.79 Å². The molecule has 0 aliphatic heterocycles. The maximum Gasteiger partial charge on any atom is 0.405 e. The molecule has 2 N–H and O–H groups in total. The second-order valence-corrected chi connectivity index (χ2v) is 5.15. The summed E-state index contributed by atoms with van der Waals surface area (Å²) in [5.41, 5.74) is 0.910. The Morgan fingerprint density at radius 2 is 2.04 bits per heavy atom. The van der Waals surface area contributed by atoms with E-state index in [1.165, 1.54) is 18.2 Å². The van der Waals surface area contributed by atoms with Gasteiger partial charge in [-0.1, -0.05) is 6.92 Å². The minimum atomic E-state index is -4.48. The fourth-order valence-electron chi connectivity index (χ4n) is 2.44. The van der Waals surface area contributed by atoms with E-state index in [-0.39, 0.29) is 17.7 Å². The van der Waals surface area contributed by atoms with E-state index in [4.69, 9.17) is 5.26 Å². The Labute approximate surface area is 139 Å². The summed E-state index contributed by atoms with van der Waals surface area (Å²) in [7, 11) is 1.62. The van der Waals surface area contributed by atoms with E-state index < -0.39 is 24.7 Å². The summed E-state index contributed by atoms with van der Waals surface area (Å²) in [5.74, 6) is -0.472. The van der Waals surface area contributed by atoms with Crippen LogP contribution in [0.3, 0.4) is 0 Å². The molecule has 1 atom stereocenters. The van der Waals surface area contributed by atoms with E-state index in [1.807, 2.05) is 6.07 Å². The number of anilines is 2. The van der Waals surface area contributed by atoms with Gasteiger partial charge in [0.2, 0.25) is 5.91 Å². The van der Waals surface area contributed by atoms with Crippen molar-refractivity contribution < 1.29 is 18.0 Å². The molecule has 132 valence electrons. The van der Waals surface area contributed by atoms with Crippen LogP contribution in [0.2, 0.25) is 0 Å². The van der Waals surface area contributed by atoms with Crippen molar-refractivity contribution in [2.45, 2.75) is 32.5 Å².